The third-order valence-electron chi connectivity index (χ3n) is 11.3. The molecule has 13 nitrogen and oxygen atoms in total. The van der Waals surface area contributed by atoms with E-state index in [1.54, 1.807) is 28.2 Å². The molecule has 5 aromatic rings. The Morgan fingerprint density at radius 3 is 1.72 bits per heavy atom. The molecule has 6 rings (SSSR count). The third-order valence-corrected chi connectivity index (χ3v) is 13.4. The zero-order valence-electron chi connectivity index (χ0n) is 38.5. The standard InChI is InChI=1S/C51H60N5O8P/c1-9-48(57)55(53-64-50(58)54(6)49-46-22-15-13-20-44(46)45-21-14-16-23-47(45)49)41(35-63-65(62-33-17-32-52)56(36(2)3)37(4)5)34-61-51(38-18-11-10-12-19-38,39-24-28-42(59-7)29-25-39)40-26-30-43(60-8)31-27-40/h10-16,18-31,36-37,41,49,53H,9,17,33-35H2,1-8H3. The van der Waals surface area contributed by atoms with Crippen molar-refractivity contribution in [3.63, 3.8) is 0 Å². The molecule has 14 heteroatoms. The minimum atomic E-state index is -1.75. The van der Waals surface area contributed by atoms with Crippen LogP contribution in [0.1, 0.15) is 81.3 Å². The first-order valence-corrected chi connectivity index (χ1v) is 23.0. The lowest BCUT2D eigenvalue weighted by molar-refractivity contribution is -0.159. The topological polar surface area (TPSA) is 135 Å². The number of methoxy groups -OCH3 is 2. The summed E-state index contributed by atoms with van der Waals surface area (Å²) in [4.78, 5) is 35.8. The number of nitrogens with one attached hydrogen (secondary N) is 1. The van der Waals surface area contributed by atoms with Gasteiger partial charge in [-0.05, 0) is 90.9 Å². The first-order chi connectivity index (χ1) is 31.5. The molecule has 2 atom stereocenters. The summed E-state index contributed by atoms with van der Waals surface area (Å²) in [5.41, 5.74) is 7.91. The van der Waals surface area contributed by atoms with E-state index in [-0.39, 0.29) is 50.7 Å². The highest BCUT2D eigenvalue weighted by atomic mass is 31.2. The number of carbonyl (C=O) groups is 2. The summed E-state index contributed by atoms with van der Waals surface area (Å²) in [5.74, 6) is 0.955. The second-order valence-electron chi connectivity index (χ2n) is 16.1. The van der Waals surface area contributed by atoms with E-state index in [1.165, 1.54) is 9.91 Å². The summed E-state index contributed by atoms with van der Waals surface area (Å²) in [6, 6.07) is 42.0. The van der Waals surface area contributed by atoms with Crippen molar-refractivity contribution in [1.82, 2.24) is 20.2 Å². The minimum absolute atomic E-state index is 0.0163. The van der Waals surface area contributed by atoms with E-state index in [9.17, 15) is 14.9 Å². The molecule has 2 amide bonds. The van der Waals surface area contributed by atoms with Crippen LogP contribution in [-0.4, -0.2) is 85.8 Å². The molecule has 2 unspecified atom stereocenters. The lowest BCUT2D eigenvalue weighted by Gasteiger charge is -2.40. The van der Waals surface area contributed by atoms with E-state index in [0.717, 1.165) is 38.9 Å². The zero-order valence-corrected chi connectivity index (χ0v) is 39.4. The number of ether oxygens (including phenoxy) is 3. The number of rotatable bonds is 22. The number of benzene rings is 5. The fraction of sp³-hybridized carbons (Fsp3) is 0.353. The number of fused-ring (bicyclic) bond motifs is 3. The van der Waals surface area contributed by atoms with Crippen molar-refractivity contribution in [1.29, 1.82) is 5.26 Å². The number of nitrogens with zero attached hydrogens (tertiary/aromatic N) is 4. The fourth-order valence-electron chi connectivity index (χ4n) is 8.27. The summed E-state index contributed by atoms with van der Waals surface area (Å²) < 4.78 is 33.6. The number of hydrogen-bond donors (Lipinski definition) is 1. The molecular weight excluding hydrogens is 842 g/mol. The maximum atomic E-state index is 14.2. The monoisotopic (exact) mass is 901 g/mol. The van der Waals surface area contributed by atoms with Crippen molar-refractivity contribution in [2.24, 2.45) is 0 Å². The Morgan fingerprint density at radius 2 is 1.23 bits per heavy atom. The van der Waals surface area contributed by atoms with Crippen LogP contribution in [0.2, 0.25) is 0 Å². The Bertz CT molecular complexity index is 2260. The summed E-state index contributed by atoms with van der Waals surface area (Å²) in [6.07, 6.45) is -0.485. The van der Waals surface area contributed by atoms with Gasteiger partial charge in [-0.25, -0.2) is 14.5 Å². The van der Waals surface area contributed by atoms with Gasteiger partial charge in [0.2, 0.25) is 5.91 Å². The van der Waals surface area contributed by atoms with E-state index in [4.69, 9.17) is 28.1 Å². The van der Waals surface area contributed by atoms with Gasteiger partial charge in [0.15, 0.2) is 0 Å². The van der Waals surface area contributed by atoms with Gasteiger partial charge in [0.25, 0.3) is 8.53 Å². The molecule has 0 aliphatic heterocycles. The van der Waals surface area contributed by atoms with Crippen molar-refractivity contribution in [3.05, 3.63) is 155 Å². The molecule has 0 saturated heterocycles. The van der Waals surface area contributed by atoms with Crippen molar-refractivity contribution in [2.45, 2.75) is 77.2 Å². The predicted molar refractivity (Wildman–Crippen MR) is 251 cm³/mol. The summed E-state index contributed by atoms with van der Waals surface area (Å²) in [7, 11) is 3.16. The minimum Gasteiger partial charge on any atom is -0.497 e. The third kappa shape index (κ3) is 11.0. The van der Waals surface area contributed by atoms with Crippen molar-refractivity contribution >= 4 is 20.5 Å². The second kappa shape index (κ2) is 22.9. The van der Waals surface area contributed by atoms with Gasteiger partial charge >= 0.3 is 6.09 Å². The lowest BCUT2D eigenvalue weighted by atomic mass is 9.80. The van der Waals surface area contributed by atoms with Crippen LogP contribution in [0.5, 0.6) is 11.5 Å². The molecule has 0 saturated carbocycles. The Hall–Kier alpha value is -5.84. The van der Waals surface area contributed by atoms with Crippen LogP contribution in [0.25, 0.3) is 11.1 Å². The maximum Gasteiger partial charge on any atom is 0.430 e. The highest BCUT2D eigenvalue weighted by Crippen LogP contribution is 2.48. The van der Waals surface area contributed by atoms with Crippen LogP contribution in [0.15, 0.2) is 127 Å². The van der Waals surface area contributed by atoms with Crippen LogP contribution in [0.4, 0.5) is 4.79 Å². The van der Waals surface area contributed by atoms with Crippen LogP contribution in [0.3, 0.4) is 0 Å². The van der Waals surface area contributed by atoms with Gasteiger partial charge < -0.3 is 28.1 Å². The number of nitriles is 1. The van der Waals surface area contributed by atoms with Gasteiger partial charge in [0.1, 0.15) is 17.1 Å². The Balaban J connectivity index is 1.40. The van der Waals surface area contributed by atoms with E-state index in [2.05, 4.69) is 44.0 Å². The van der Waals surface area contributed by atoms with Crippen LogP contribution < -0.4 is 15.1 Å². The molecule has 0 heterocycles. The fourth-order valence-corrected chi connectivity index (χ4v) is 9.91. The molecule has 0 bridgehead atoms. The number of amides is 2. The normalized spacial score (nSPS) is 13.2. The molecule has 65 heavy (non-hydrogen) atoms. The smallest absolute Gasteiger partial charge is 0.430 e. The van der Waals surface area contributed by atoms with Gasteiger partial charge in [0, 0.05) is 25.6 Å². The van der Waals surface area contributed by atoms with E-state index < -0.39 is 32.3 Å². The van der Waals surface area contributed by atoms with E-state index in [1.807, 2.05) is 127 Å². The average molecular weight is 902 g/mol. The molecule has 0 spiro atoms. The molecule has 1 aliphatic rings. The van der Waals surface area contributed by atoms with Crippen molar-refractivity contribution in [3.8, 4) is 28.7 Å². The molecule has 1 aliphatic carbocycles. The molecule has 0 aromatic heterocycles. The van der Waals surface area contributed by atoms with Gasteiger partial charge in [-0.1, -0.05) is 116 Å². The predicted octanol–water partition coefficient (Wildman–Crippen LogP) is 10.2. The van der Waals surface area contributed by atoms with Crippen LogP contribution in [-0.2, 0) is 29.0 Å². The summed E-state index contributed by atoms with van der Waals surface area (Å²) >= 11 is 0. The Morgan fingerprint density at radius 1 is 0.723 bits per heavy atom. The average Bonchev–Trinajstić information content (AvgIpc) is 3.67. The zero-order chi connectivity index (χ0) is 46.5. The molecular formula is C51H60N5O8P. The van der Waals surface area contributed by atoms with Gasteiger partial charge in [0.05, 0.1) is 58.6 Å². The number of hydrazine groups is 1. The lowest BCUT2D eigenvalue weighted by Crippen LogP contribution is -2.55. The summed E-state index contributed by atoms with van der Waals surface area (Å²) in [5, 5.41) is 10.7. The Kier molecular flexibility index (Phi) is 17.1. The quantitative estimate of drug-likeness (QED) is 0.0308. The molecule has 342 valence electrons. The van der Waals surface area contributed by atoms with Crippen molar-refractivity contribution in [2.75, 3.05) is 41.1 Å². The molecule has 0 radical (unpaired) electrons. The highest BCUT2D eigenvalue weighted by molar-refractivity contribution is 7.44. The van der Waals surface area contributed by atoms with Gasteiger partial charge in [-0.2, -0.15) is 5.26 Å². The van der Waals surface area contributed by atoms with Crippen LogP contribution >= 0.6 is 8.53 Å². The first-order valence-electron chi connectivity index (χ1n) is 21.9. The SMILES string of the molecule is CCC(=O)N(NOC(=O)N(C)C1c2ccccc2-c2ccccc21)C(COP(OCCC#N)N(C(C)C)C(C)C)COC(c1ccccc1)(c1ccc(OC)cc1)c1ccc(OC)cc1. The first kappa shape index (κ1) is 48.6. The highest BCUT2D eigenvalue weighted by Gasteiger charge is 2.41. The van der Waals surface area contributed by atoms with Gasteiger partial charge in [-0.3, -0.25) is 9.69 Å². The van der Waals surface area contributed by atoms with Gasteiger partial charge in [-0.15, -0.1) is 0 Å². The van der Waals surface area contributed by atoms with E-state index >= 15 is 0 Å². The number of carbonyl (C=O) groups excluding carboxylic acids is 2. The van der Waals surface area contributed by atoms with Crippen LogP contribution in [0, 0.1) is 11.3 Å². The molecule has 1 N–H and O–H groups in total. The number of hydrogen-bond acceptors (Lipinski definition) is 11. The maximum absolute atomic E-state index is 14.2. The summed E-state index contributed by atoms with van der Waals surface area (Å²) in [6.45, 7) is 9.85. The second-order valence-corrected chi connectivity index (χ2v) is 17.5. The Labute approximate surface area is 384 Å². The van der Waals surface area contributed by atoms with E-state index in [0.29, 0.717) is 11.5 Å². The molecule has 5 aromatic carbocycles. The molecule has 0 fully saturated rings. The largest absolute Gasteiger partial charge is 0.497 e. The van der Waals surface area contributed by atoms with Crippen molar-refractivity contribution < 1.29 is 37.7 Å².